The van der Waals surface area contributed by atoms with Crippen LogP contribution in [0.3, 0.4) is 0 Å². The van der Waals surface area contributed by atoms with Crippen LogP contribution >= 0.6 is 0 Å². The van der Waals surface area contributed by atoms with Gasteiger partial charge in [0.25, 0.3) is 0 Å². The van der Waals surface area contributed by atoms with E-state index in [-0.39, 0.29) is 5.41 Å². The van der Waals surface area contributed by atoms with Gasteiger partial charge in [0.05, 0.1) is 6.04 Å². The first-order valence-electron chi connectivity index (χ1n) is 7.85. The molecule has 0 aromatic carbocycles. The van der Waals surface area contributed by atoms with Crippen molar-refractivity contribution in [3.8, 4) is 0 Å². The Morgan fingerprint density at radius 2 is 2.19 bits per heavy atom. The Morgan fingerprint density at radius 1 is 1.48 bits per heavy atom. The molecule has 0 saturated heterocycles. The van der Waals surface area contributed by atoms with Crippen LogP contribution in [0.4, 0.5) is 0 Å². The molecular formula is C19H28N2. The molecule has 0 aromatic rings. The Kier molecular flexibility index (Phi) is 4.46. The van der Waals surface area contributed by atoms with Gasteiger partial charge in [-0.2, -0.15) is 0 Å². The highest BCUT2D eigenvalue weighted by atomic mass is 15.2. The summed E-state index contributed by atoms with van der Waals surface area (Å²) in [6.45, 7) is 14.3. The normalized spacial score (nSPS) is 31.6. The van der Waals surface area contributed by atoms with Crippen LogP contribution in [0.2, 0.25) is 0 Å². The van der Waals surface area contributed by atoms with E-state index in [1.165, 1.54) is 11.3 Å². The lowest BCUT2D eigenvalue weighted by atomic mass is 9.78. The third kappa shape index (κ3) is 2.99. The van der Waals surface area contributed by atoms with Gasteiger partial charge in [0.15, 0.2) is 0 Å². The van der Waals surface area contributed by atoms with E-state index >= 15 is 0 Å². The maximum absolute atomic E-state index is 5.99. The van der Waals surface area contributed by atoms with Gasteiger partial charge in [0, 0.05) is 29.3 Å². The summed E-state index contributed by atoms with van der Waals surface area (Å²) in [5.74, 6) is 0.401. The molecule has 0 heterocycles. The van der Waals surface area contributed by atoms with Gasteiger partial charge in [-0.3, -0.25) is 0 Å². The van der Waals surface area contributed by atoms with Gasteiger partial charge in [-0.15, -0.1) is 0 Å². The third-order valence-corrected chi connectivity index (χ3v) is 4.75. The first-order valence-corrected chi connectivity index (χ1v) is 7.85. The summed E-state index contributed by atoms with van der Waals surface area (Å²) >= 11 is 0. The fraction of sp³-hybridized carbons (Fsp3) is 0.474. The summed E-state index contributed by atoms with van der Waals surface area (Å²) in [6, 6.07) is 0.353. The molecule has 0 aromatic heterocycles. The molecule has 0 bridgehead atoms. The molecule has 2 heteroatoms. The van der Waals surface area contributed by atoms with Gasteiger partial charge in [-0.05, 0) is 31.9 Å². The molecule has 0 fully saturated rings. The molecule has 0 radical (unpaired) electrons. The zero-order valence-electron chi connectivity index (χ0n) is 13.8. The summed E-state index contributed by atoms with van der Waals surface area (Å²) in [6.07, 6.45) is 14.0. The van der Waals surface area contributed by atoms with E-state index in [0.717, 1.165) is 18.7 Å². The third-order valence-electron chi connectivity index (χ3n) is 4.75. The number of allylic oxidation sites excluding steroid dienone is 5. The predicted octanol–water partition coefficient (Wildman–Crippen LogP) is 4.15. The molecule has 0 saturated carbocycles. The summed E-state index contributed by atoms with van der Waals surface area (Å²) < 4.78 is 0. The summed E-state index contributed by atoms with van der Waals surface area (Å²) in [5, 5.41) is 0. The predicted molar refractivity (Wildman–Crippen MR) is 91.5 cm³/mol. The maximum Gasteiger partial charge on any atom is 0.0561 e. The van der Waals surface area contributed by atoms with E-state index in [0.29, 0.717) is 12.0 Å². The van der Waals surface area contributed by atoms with Crippen LogP contribution in [-0.2, 0) is 0 Å². The van der Waals surface area contributed by atoms with Crippen molar-refractivity contribution in [1.29, 1.82) is 0 Å². The van der Waals surface area contributed by atoms with Crippen LogP contribution in [0.15, 0.2) is 60.0 Å². The second-order valence-electron chi connectivity index (χ2n) is 6.50. The zero-order valence-corrected chi connectivity index (χ0v) is 13.8. The van der Waals surface area contributed by atoms with Crippen molar-refractivity contribution in [3.63, 3.8) is 0 Å². The number of nitrogens with zero attached hydrogens (tertiary/aromatic N) is 1. The fourth-order valence-electron chi connectivity index (χ4n) is 3.56. The van der Waals surface area contributed by atoms with E-state index in [1.54, 1.807) is 0 Å². The Labute approximate surface area is 129 Å². The van der Waals surface area contributed by atoms with Crippen molar-refractivity contribution in [2.75, 3.05) is 6.54 Å². The lowest BCUT2D eigenvalue weighted by Gasteiger charge is -2.45. The molecule has 2 N–H and O–H groups in total. The van der Waals surface area contributed by atoms with E-state index in [9.17, 15) is 0 Å². The minimum atomic E-state index is 0.0114. The molecule has 2 nitrogen and oxygen atoms in total. The highest BCUT2D eigenvalue weighted by Crippen LogP contribution is 2.39. The molecule has 2 aliphatic carbocycles. The van der Waals surface area contributed by atoms with Gasteiger partial charge in [0.2, 0.25) is 0 Å². The fourth-order valence-corrected chi connectivity index (χ4v) is 3.56. The van der Waals surface area contributed by atoms with Crippen LogP contribution in [-0.4, -0.2) is 17.5 Å². The minimum absolute atomic E-state index is 0.0114. The highest BCUT2D eigenvalue weighted by Gasteiger charge is 2.34. The Hall–Kier alpha value is -1.70. The first kappa shape index (κ1) is 15.7. The summed E-state index contributed by atoms with van der Waals surface area (Å²) in [4.78, 5) is 2.45. The Bertz CT molecular complexity index is 536. The van der Waals surface area contributed by atoms with E-state index < -0.39 is 0 Å². The maximum atomic E-state index is 5.99. The van der Waals surface area contributed by atoms with Crippen molar-refractivity contribution < 1.29 is 0 Å². The smallest absolute Gasteiger partial charge is 0.0561 e. The largest absolute Gasteiger partial charge is 0.399 e. The minimum Gasteiger partial charge on any atom is -0.399 e. The number of likely N-dealkylation sites (N-methyl/N-ethyl adjacent to an activating group) is 1. The van der Waals surface area contributed by atoms with Crippen LogP contribution in [0.25, 0.3) is 0 Å². The van der Waals surface area contributed by atoms with Crippen molar-refractivity contribution in [2.24, 2.45) is 17.1 Å². The van der Waals surface area contributed by atoms with Gasteiger partial charge >= 0.3 is 0 Å². The average molecular weight is 284 g/mol. The molecule has 2 aliphatic rings. The molecular weight excluding hydrogens is 256 g/mol. The van der Waals surface area contributed by atoms with E-state index in [2.05, 4.69) is 75.6 Å². The summed E-state index contributed by atoms with van der Waals surface area (Å²) in [7, 11) is 0. The molecule has 2 rings (SSSR count). The van der Waals surface area contributed by atoms with Crippen LogP contribution in [0.5, 0.6) is 0 Å². The van der Waals surface area contributed by atoms with Crippen LogP contribution < -0.4 is 5.73 Å². The van der Waals surface area contributed by atoms with Crippen molar-refractivity contribution in [3.05, 3.63) is 60.0 Å². The quantitative estimate of drug-likeness (QED) is 0.840. The van der Waals surface area contributed by atoms with Gasteiger partial charge in [-0.1, -0.05) is 50.8 Å². The van der Waals surface area contributed by atoms with Crippen molar-refractivity contribution in [2.45, 2.75) is 40.2 Å². The zero-order chi connectivity index (χ0) is 15.6. The lowest BCUT2D eigenvalue weighted by molar-refractivity contribution is 0.209. The molecule has 114 valence electrons. The molecule has 3 atom stereocenters. The Balaban J connectivity index is 2.28. The standard InChI is InChI=1S/C19H28N2/c1-6-21(16(4)19(5)10-8-7-9-11-19)18-14(2)12-17(20)13-15(18)3/h7-10,12-14,18H,4,6,11,20H2,1-3,5H3. The van der Waals surface area contributed by atoms with Crippen LogP contribution in [0.1, 0.15) is 34.1 Å². The SMILES string of the molecule is C=C(N(CC)C1C(C)=CC(N)=CC1C)C1(C)C=CC=CC1. The van der Waals surface area contributed by atoms with Gasteiger partial charge in [0.1, 0.15) is 0 Å². The van der Waals surface area contributed by atoms with E-state index in [1.807, 2.05) is 0 Å². The second-order valence-corrected chi connectivity index (χ2v) is 6.50. The number of hydrogen-bond donors (Lipinski definition) is 1. The average Bonchev–Trinajstić information content (AvgIpc) is 2.42. The monoisotopic (exact) mass is 284 g/mol. The lowest BCUT2D eigenvalue weighted by Crippen LogP contribution is -2.44. The van der Waals surface area contributed by atoms with Gasteiger partial charge in [-0.25, -0.2) is 0 Å². The summed E-state index contributed by atoms with van der Waals surface area (Å²) in [5.41, 5.74) is 9.40. The highest BCUT2D eigenvalue weighted by molar-refractivity contribution is 5.34. The van der Waals surface area contributed by atoms with Crippen molar-refractivity contribution >= 4 is 0 Å². The number of nitrogens with two attached hydrogens (primary N) is 1. The topological polar surface area (TPSA) is 29.3 Å². The number of rotatable bonds is 4. The molecule has 3 unspecified atom stereocenters. The molecule has 21 heavy (non-hydrogen) atoms. The molecule has 0 spiro atoms. The van der Waals surface area contributed by atoms with Crippen LogP contribution in [0, 0.1) is 11.3 Å². The molecule has 0 aliphatic heterocycles. The van der Waals surface area contributed by atoms with Gasteiger partial charge < -0.3 is 10.6 Å². The molecule has 0 amide bonds. The first-order chi connectivity index (χ1) is 9.89. The Morgan fingerprint density at radius 3 is 2.71 bits per heavy atom. The van der Waals surface area contributed by atoms with Crippen molar-refractivity contribution in [1.82, 2.24) is 4.90 Å². The number of hydrogen-bond acceptors (Lipinski definition) is 2. The second kappa shape index (κ2) is 5.97. The van der Waals surface area contributed by atoms with E-state index in [4.69, 9.17) is 5.73 Å².